The molecule has 24 heavy (non-hydrogen) atoms. The highest BCUT2D eigenvalue weighted by Crippen LogP contribution is 2.19. The van der Waals surface area contributed by atoms with Crippen LogP contribution >= 0.6 is 11.8 Å². The van der Waals surface area contributed by atoms with Gasteiger partial charge < -0.3 is 14.5 Å². The molecule has 1 aromatic carbocycles. The van der Waals surface area contributed by atoms with Gasteiger partial charge in [-0.3, -0.25) is 0 Å². The van der Waals surface area contributed by atoms with Gasteiger partial charge in [-0.25, -0.2) is 4.99 Å². The van der Waals surface area contributed by atoms with Crippen LogP contribution < -0.4 is 0 Å². The SMILES string of the molecule is c1ccc(N=C(SCCCN2CCCCC2)N2CCOCC2)cc1. The molecule has 2 aliphatic rings. The van der Waals surface area contributed by atoms with E-state index in [4.69, 9.17) is 9.73 Å². The van der Waals surface area contributed by atoms with Gasteiger partial charge in [-0.1, -0.05) is 36.4 Å². The van der Waals surface area contributed by atoms with Crippen molar-refractivity contribution in [3.05, 3.63) is 30.3 Å². The third kappa shape index (κ3) is 5.80. The van der Waals surface area contributed by atoms with Crippen LogP contribution in [0.15, 0.2) is 35.3 Å². The lowest BCUT2D eigenvalue weighted by molar-refractivity contribution is 0.0693. The number of hydrogen-bond donors (Lipinski definition) is 0. The van der Waals surface area contributed by atoms with Crippen molar-refractivity contribution >= 4 is 22.6 Å². The number of piperidine rings is 1. The smallest absolute Gasteiger partial charge is 0.164 e. The van der Waals surface area contributed by atoms with Crippen LogP contribution in [0.3, 0.4) is 0 Å². The molecule has 0 aliphatic carbocycles. The first-order valence-corrected chi connectivity index (χ1v) is 10.2. The molecule has 2 saturated heterocycles. The molecule has 0 unspecified atom stereocenters. The quantitative estimate of drug-likeness (QED) is 0.462. The molecule has 0 atom stereocenters. The van der Waals surface area contributed by atoms with Crippen LogP contribution in [0, 0.1) is 0 Å². The monoisotopic (exact) mass is 347 g/mol. The lowest BCUT2D eigenvalue weighted by atomic mass is 10.1. The molecule has 2 aliphatic heterocycles. The molecule has 0 amide bonds. The van der Waals surface area contributed by atoms with Gasteiger partial charge in [0.15, 0.2) is 5.17 Å². The van der Waals surface area contributed by atoms with Gasteiger partial charge >= 0.3 is 0 Å². The fourth-order valence-electron chi connectivity index (χ4n) is 3.20. The van der Waals surface area contributed by atoms with Crippen molar-refractivity contribution in [2.45, 2.75) is 25.7 Å². The zero-order chi connectivity index (χ0) is 16.5. The minimum Gasteiger partial charge on any atom is -0.378 e. The minimum atomic E-state index is 0.808. The predicted molar refractivity (Wildman–Crippen MR) is 103 cm³/mol. The highest BCUT2D eigenvalue weighted by molar-refractivity contribution is 8.13. The molecule has 4 nitrogen and oxygen atoms in total. The van der Waals surface area contributed by atoms with Crippen LogP contribution in [0.2, 0.25) is 0 Å². The average Bonchev–Trinajstić information content (AvgIpc) is 2.66. The zero-order valence-electron chi connectivity index (χ0n) is 14.5. The van der Waals surface area contributed by atoms with Crippen molar-refractivity contribution in [2.75, 3.05) is 51.7 Å². The number of likely N-dealkylation sites (tertiary alicyclic amines) is 1. The molecule has 0 saturated carbocycles. The summed E-state index contributed by atoms with van der Waals surface area (Å²) in [6.45, 7) is 7.33. The maximum Gasteiger partial charge on any atom is 0.164 e. The van der Waals surface area contributed by atoms with Crippen molar-refractivity contribution in [3.63, 3.8) is 0 Å². The largest absolute Gasteiger partial charge is 0.378 e. The van der Waals surface area contributed by atoms with Crippen molar-refractivity contribution in [2.24, 2.45) is 4.99 Å². The maximum absolute atomic E-state index is 5.49. The molecule has 0 bridgehead atoms. The van der Waals surface area contributed by atoms with Gasteiger partial charge in [-0.05, 0) is 51.0 Å². The van der Waals surface area contributed by atoms with Crippen LogP contribution in [-0.2, 0) is 4.74 Å². The third-order valence-corrected chi connectivity index (χ3v) is 5.66. The van der Waals surface area contributed by atoms with Gasteiger partial charge in [0.05, 0.1) is 18.9 Å². The number of ether oxygens (including phenoxy) is 1. The second-order valence-electron chi connectivity index (χ2n) is 6.43. The molecule has 0 radical (unpaired) electrons. The molecule has 132 valence electrons. The summed E-state index contributed by atoms with van der Waals surface area (Å²) in [4.78, 5) is 9.90. The predicted octanol–water partition coefficient (Wildman–Crippen LogP) is 3.62. The van der Waals surface area contributed by atoms with E-state index in [1.807, 2.05) is 17.8 Å². The van der Waals surface area contributed by atoms with Gasteiger partial charge in [0, 0.05) is 18.8 Å². The summed E-state index contributed by atoms with van der Waals surface area (Å²) in [5.41, 5.74) is 1.04. The normalized spacial score (nSPS) is 20.3. The summed E-state index contributed by atoms with van der Waals surface area (Å²) < 4.78 is 5.49. The summed E-state index contributed by atoms with van der Waals surface area (Å²) in [7, 11) is 0. The second kappa shape index (κ2) is 10.1. The number of benzene rings is 1. The van der Waals surface area contributed by atoms with Crippen LogP contribution in [-0.4, -0.2) is 66.7 Å². The van der Waals surface area contributed by atoms with E-state index < -0.39 is 0 Å². The third-order valence-electron chi connectivity index (χ3n) is 4.56. The number of hydrogen-bond acceptors (Lipinski definition) is 4. The number of rotatable bonds is 5. The second-order valence-corrected chi connectivity index (χ2v) is 7.50. The Labute approximate surface area is 150 Å². The van der Waals surface area contributed by atoms with Crippen molar-refractivity contribution in [1.29, 1.82) is 0 Å². The lowest BCUT2D eigenvalue weighted by Gasteiger charge is -2.30. The Hall–Kier alpha value is -1.04. The Morgan fingerprint density at radius 2 is 1.75 bits per heavy atom. The first kappa shape index (κ1) is 17.8. The van der Waals surface area contributed by atoms with E-state index in [1.54, 1.807) is 0 Å². The van der Waals surface area contributed by atoms with Gasteiger partial charge in [0.2, 0.25) is 0 Å². The number of para-hydroxylation sites is 1. The standard InChI is InChI=1S/C19H29N3OS/c1-3-8-18(9-4-1)20-19(22-13-15-23-16-14-22)24-17-7-12-21-10-5-2-6-11-21/h1,3-4,8-9H,2,5-7,10-17H2. The van der Waals surface area contributed by atoms with E-state index in [-0.39, 0.29) is 0 Å². The minimum absolute atomic E-state index is 0.808. The Balaban J connectivity index is 1.52. The summed E-state index contributed by atoms with van der Waals surface area (Å²) in [5, 5.41) is 1.16. The molecule has 0 spiro atoms. The summed E-state index contributed by atoms with van der Waals surface area (Å²) in [5.74, 6) is 1.14. The molecule has 2 fully saturated rings. The van der Waals surface area contributed by atoms with Gasteiger partial charge in [-0.2, -0.15) is 0 Å². The van der Waals surface area contributed by atoms with E-state index >= 15 is 0 Å². The van der Waals surface area contributed by atoms with Crippen molar-refractivity contribution in [3.8, 4) is 0 Å². The Morgan fingerprint density at radius 1 is 1.00 bits per heavy atom. The molecule has 0 N–H and O–H groups in total. The molecule has 5 heteroatoms. The topological polar surface area (TPSA) is 28.1 Å². The number of aliphatic imine (C=N–C) groups is 1. The number of thioether (sulfide) groups is 1. The first-order chi connectivity index (χ1) is 11.9. The molecule has 3 rings (SSSR count). The fraction of sp³-hybridized carbons (Fsp3) is 0.632. The molecule has 2 heterocycles. The van der Waals surface area contributed by atoms with E-state index in [0.29, 0.717) is 0 Å². The molecule has 0 aromatic heterocycles. The molecular weight excluding hydrogens is 318 g/mol. The Kier molecular flexibility index (Phi) is 7.45. The lowest BCUT2D eigenvalue weighted by Crippen LogP contribution is -2.39. The number of amidine groups is 1. The van der Waals surface area contributed by atoms with Gasteiger partial charge in [-0.15, -0.1) is 0 Å². The van der Waals surface area contributed by atoms with Crippen LogP contribution in [0.5, 0.6) is 0 Å². The van der Waals surface area contributed by atoms with E-state index in [9.17, 15) is 0 Å². The van der Waals surface area contributed by atoms with Crippen LogP contribution in [0.4, 0.5) is 5.69 Å². The first-order valence-electron chi connectivity index (χ1n) is 9.23. The maximum atomic E-state index is 5.49. The molecule has 1 aromatic rings. The average molecular weight is 348 g/mol. The van der Waals surface area contributed by atoms with Crippen LogP contribution in [0.25, 0.3) is 0 Å². The summed E-state index contributed by atoms with van der Waals surface area (Å²) >= 11 is 1.91. The zero-order valence-corrected chi connectivity index (χ0v) is 15.3. The number of morpholine rings is 1. The van der Waals surface area contributed by atoms with E-state index in [0.717, 1.165) is 42.9 Å². The van der Waals surface area contributed by atoms with Gasteiger partial charge in [0.1, 0.15) is 0 Å². The highest BCUT2D eigenvalue weighted by Gasteiger charge is 2.16. The van der Waals surface area contributed by atoms with E-state index in [1.165, 1.54) is 45.3 Å². The van der Waals surface area contributed by atoms with Crippen molar-refractivity contribution < 1.29 is 4.74 Å². The van der Waals surface area contributed by atoms with E-state index in [2.05, 4.69) is 34.1 Å². The Morgan fingerprint density at radius 3 is 2.50 bits per heavy atom. The van der Waals surface area contributed by atoms with Crippen molar-refractivity contribution in [1.82, 2.24) is 9.80 Å². The summed E-state index contributed by atoms with van der Waals surface area (Å²) in [6.07, 6.45) is 5.41. The highest BCUT2D eigenvalue weighted by atomic mass is 32.2. The molecular formula is C19H29N3OS. The van der Waals surface area contributed by atoms with Crippen LogP contribution in [0.1, 0.15) is 25.7 Å². The Bertz CT molecular complexity index is 497. The number of nitrogens with zero attached hydrogens (tertiary/aromatic N) is 3. The van der Waals surface area contributed by atoms with Gasteiger partial charge in [0.25, 0.3) is 0 Å². The fourth-order valence-corrected chi connectivity index (χ4v) is 4.19. The summed E-state index contributed by atoms with van der Waals surface area (Å²) in [6, 6.07) is 10.3.